The summed E-state index contributed by atoms with van der Waals surface area (Å²) in [5.41, 5.74) is 1.47. The van der Waals surface area contributed by atoms with Gasteiger partial charge < -0.3 is 20.9 Å². The monoisotopic (exact) mass is 422 g/mol. The van der Waals surface area contributed by atoms with Gasteiger partial charge in [-0.25, -0.2) is 4.98 Å². The number of piperazine rings is 1. The SMILES string of the molecule is CC(C)N1CCN(C(=O)c2ccc(Nc3ccc4c(n3)NC(C)(C)C(=O)N4)cc2)CC1. The lowest BCUT2D eigenvalue weighted by Gasteiger charge is -2.37. The molecule has 1 saturated heterocycles. The molecule has 2 aliphatic rings. The number of nitrogens with one attached hydrogen (secondary N) is 3. The van der Waals surface area contributed by atoms with Crippen molar-refractivity contribution in [3.8, 4) is 0 Å². The fraction of sp³-hybridized carbons (Fsp3) is 0.435. The van der Waals surface area contributed by atoms with Gasteiger partial charge in [0.05, 0.1) is 5.69 Å². The molecule has 8 heteroatoms. The Kier molecular flexibility index (Phi) is 5.58. The number of carbonyl (C=O) groups is 2. The molecule has 0 atom stereocenters. The van der Waals surface area contributed by atoms with Crippen LogP contribution >= 0.6 is 0 Å². The Bertz CT molecular complexity index is 978. The standard InChI is InChI=1S/C23H30N6O2/c1-15(2)28-11-13-29(14-12-28)21(30)16-5-7-17(8-6-16)24-19-10-9-18-20(26-19)27-23(3,4)22(31)25-18/h5-10,15H,11-14H2,1-4H3,(H,25,31)(H2,24,26,27). The van der Waals surface area contributed by atoms with Gasteiger partial charge in [0.2, 0.25) is 5.91 Å². The predicted octanol–water partition coefficient (Wildman–Crippen LogP) is 3.13. The Morgan fingerprint density at radius 3 is 2.39 bits per heavy atom. The van der Waals surface area contributed by atoms with E-state index in [1.807, 2.05) is 55.1 Å². The molecule has 2 amide bonds. The highest BCUT2D eigenvalue weighted by Crippen LogP contribution is 2.31. The first-order valence-electron chi connectivity index (χ1n) is 10.7. The molecular formula is C23H30N6O2. The van der Waals surface area contributed by atoms with Gasteiger partial charge in [-0.15, -0.1) is 0 Å². The number of hydrogen-bond donors (Lipinski definition) is 3. The van der Waals surface area contributed by atoms with Crippen molar-refractivity contribution in [1.29, 1.82) is 0 Å². The molecule has 0 spiro atoms. The highest BCUT2D eigenvalue weighted by atomic mass is 16.2. The number of hydrogen-bond acceptors (Lipinski definition) is 6. The van der Waals surface area contributed by atoms with Gasteiger partial charge in [-0.3, -0.25) is 14.5 Å². The van der Waals surface area contributed by atoms with Crippen LogP contribution in [0.4, 0.5) is 23.0 Å². The van der Waals surface area contributed by atoms with Gasteiger partial charge in [0.25, 0.3) is 5.91 Å². The fourth-order valence-electron chi connectivity index (χ4n) is 3.82. The summed E-state index contributed by atoms with van der Waals surface area (Å²) in [6, 6.07) is 11.6. The second-order valence-corrected chi connectivity index (χ2v) is 8.92. The van der Waals surface area contributed by atoms with E-state index in [-0.39, 0.29) is 11.8 Å². The number of amides is 2. The van der Waals surface area contributed by atoms with Crippen LogP contribution in [0.25, 0.3) is 0 Å². The molecule has 164 valence electrons. The second-order valence-electron chi connectivity index (χ2n) is 8.92. The van der Waals surface area contributed by atoms with E-state index in [0.717, 1.165) is 31.9 Å². The van der Waals surface area contributed by atoms with Crippen molar-refractivity contribution in [2.45, 2.75) is 39.3 Å². The summed E-state index contributed by atoms with van der Waals surface area (Å²) in [7, 11) is 0. The topological polar surface area (TPSA) is 89.6 Å². The number of nitrogens with zero attached hydrogens (tertiary/aromatic N) is 3. The van der Waals surface area contributed by atoms with Crippen LogP contribution in [-0.4, -0.2) is 64.4 Å². The molecule has 2 aliphatic heterocycles. The van der Waals surface area contributed by atoms with Crippen LogP contribution in [0.2, 0.25) is 0 Å². The van der Waals surface area contributed by atoms with E-state index in [1.165, 1.54) is 0 Å². The summed E-state index contributed by atoms with van der Waals surface area (Å²) in [4.78, 5) is 33.8. The first kappa shape index (κ1) is 21.1. The summed E-state index contributed by atoms with van der Waals surface area (Å²) in [6.07, 6.45) is 0. The quantitative estimate of drug-likeness (QED) is 0.702. The number of fused-ring (bicyclic) bond motifs is 1. The van der Waals surface area contributed by atoms with Crippen LogP contribution in [0, 0.1) is 0 Å². The maximum absolute atomic E-state index is 12.8. The van der Waals surface area contributed by atoms with E-state index < -0.39 is 5.54 Å². The summed E-state index contributed by atoms with van der Waals surface area (Å²) in [6.45, 7) is 11.3. The molecule has 1 aromatic carbocycles. The van der Waals surface area contributed by atoms with E-state index in [4.69, 9.17) is 0 Å². The van der Waals surface area contributed by atoms with E-state index in [9.17, 15) is 9.59 Å². The molecule has 1 fully saturated rings. The van der Waals surface area contributed by atoms with E-state index in [1.54, 1.807) is 0 Å². The molecule has 0 saturated carbocycles. The van der Waals surface area contributed by atoms with Crippen LogP contribution in [0.15, 0.2) is 36.4 Å². The van der Waals surface area contributed by atoms with Crippen molar-refractivity contribution >= 4 is 34.8 Å². The van der Waals surface area contributed by atoms with Crippen LogP contribution in [0.5, 0.6) is 0 Å². The number of benzene rings is 1. The molecular weight excluding hydrogens is 392 g/mol. The van der Waals surface area contributed by atoms with Crippen LogP contribution in [-0.2, 0) is 4.79 Å². The molecule has 0 aliphatic carbocycles. The van der Waals surface area contributed by atoms with E-state index in [2.05, 4.69) is 39.7 Å². The molecule has 0 bridgehead atoms. The van der Waals surface area contributed by atoms with Gasteiger partial charge >= 0.3 is 0 Å². The lowest BCUT2D eigenvalue weighted by molar-refractivity contribution is -0.119. The van der Waals surface area contributed by atoms with Crippen LogP contribution in [0.1, 0.15) is 38.1 Å². The predicted molar refractivity (Wildman–Crippen MR) is 123 cm³/mol. The first-order valence-corrected chi connectivity index (χ1v) is 10.7. The minimum atomic E-state index is -0.721. The lowest BCUT2D eigenvalue weighted by Crippen LogP contribution is -2.50. The maximum atomic E-state index is 12.8. The van der Waals surface area contributed by atoms with Crippen molar-refractivity contribution in [1.82, 2.24) is 14.8 Å². The highest BCUT2D eigenvalue weighted by Gasteiger charge is 2.33. The minimum Gasteiger partial charge on any atom is -0.355 e. The molecule has 3 N–H and O–H groups in total. The van der Waals surface area contributed by atoms with Gasteiger partial charge in [-0.1, -0.05) is 0 Å². The van der Waals surface area contributed by atoms with E-state index in [0.29, 0.717) is 28.9 Å². The summed E-state index contributed by atoms with van der Waals surface area (Å²) < 4.78 is 0. The number of pyridine rings is 1. The van der Waals surface area contributed by atoms with Crippen molar-refractivity contribution in [3.05, 3.63) is 42.0 Å². The molecule has 0 unspecified atom stereocenters. The molecule has 8 nitrogen and oxygen atoms in total. The van der Waals surface area contributed by atoms with Gasteiger partial charge in [-0.05, 0) is 64.1 Å². The normalized spacial score (nSPS) is 18.2. The first-order chi connectivity index (χ1) is 14.7. The van der Waals surface area contributed by atoms with E-state index >= 15 is 0 Å². The Morgan fingerprint density at radius 1 is 1.06 bits per heavy atom. The van der Waals surface area contributed by atoms with Gasteiger partial charge in [0.15, 0.2) is 5.82 Å². The summed E-state index contributed by atoms with van der Waals surface area (Å²) in [5.74, 6) is 1.27. The minimum absolute atomic E-state index is 0.0732. The lowest BCUT2D eigenvalue weighted by atomic mass is 10.0. The molecule has 3 heterocycles. The number of carbonyl (C=O) groups excluding carboxylic acids is 2. The maximum Gasteiger partial charge on any atom is 0.253 e. The Morgan fingerprint density at radius 2 is 1.74 bits per heavy atom. The van der Waals surface area contributed by atoms with Crippen molar-refractivity contribution < 1.29 is 9.59 Å². The Hall–Kier alpha value is -3.13. The zero-order chi connectivity index (χ0) is 22.2. The molecule has 0 radical (unpaired) electrons. The van der Waals surface area contributed by atoms with Crippen molar-refractivity contribution in [2.24, 2.45) is 0 Å². The number of anilines is 4. The fourth-order valence-corrected chi connectivity index (χ4v) is 3.82. The molecule has 31 heavy (non-hydrogen) atoms. The number of aromatic nitrogens is 1. The molecule has 2 aromatic rings. The Labute approximate surface area is 183 Å². The average Bonchev–Trinajstić information content (AvgIpc) is 2.74. The smallest absolute Gasteiger partial charge is 0.253 e. The summed E-state index contributed by atoms with van der Waals surface area (Å²) in [5, 5.41) is 9.29. The second kappa shape index (κ2) is 8.19. The van der Waals surface area contributed by atoms with Gasteiger partial charge in [0, 0.05) is 43.5 Å². The average molecular weight is 423 g/mol. The van der Waals surface area contributed by atoms with Gasteiger partial charge in [0.1, 0.15) is 11.4 Å². The Balaban J connectivity index is 1.40. The largest absolute Gasteiger partial charge is 0.355 e. The molecule has 4 rings (SSSR count). The third-order valence-electron chi connectivity index (χ3n) is 5.88. The zero-order valence-electron chi connectivity index (χ0n) is 18.5. The zero-order valence-corrected chi connectivity index (χ0v) is 18.5. The summed E-state index contributed by atoms with van der Waals surface area (Å²) >= 11 is 0. The molecule has 1 aromatic heterocycles. The van der Waals surface area contributed by atoms with Crippen molar-refractivity contribution in [2.75, 3.05) is 42.1 Å². The third kappa shape index (κ3) is 4.49. The van der Waals surface area contributed by atoms with Crippen molar-refractivity contribution in [3.63, 3.8) is 0 Å². The van der Waals surface area contributed by atoms with Crippen LogP contribution in [0.3, 0.4) is 0 Å². The third-order valence-corrected chi connectivity index (χ3v) is 5.88. The van der Waals surface area contributed by atoms with Gasteiger partial charge in [-0.2, -0.15) is 0 Å². The number of rotatable bonds is 4. The van der Waals surface area contributed by atoms with Crippen LogP contribution < -0.4 is 16.0 Å². The highest BCUT2D eigenvalue weighted by molar-refractivity contribution is 6.05.